The number of hydrogen-bond donors (Lipinski definition) is 1. The first-order chi connectivity index (χ1) is 8.22. The van der Waals surface area contributed by atoms with E-state index in [1.54, 1.807) is 12.1 Å². The molecule has 2 aromatic rings. The molecule has 0 spiro atoms. The second-order valence-corrected chi connectivity index (χ2v) is 4.01. The highest BCUT2D eigenvalue weighted by atomic mass is 35.5. The highest BCUT2D eigenvalue weighted by Crippen LogP contribution is 2.24. The number of amides is 1. The van der Waals surface area contributed by atoms with Gasteiger partial charge in [-0.15, -0.1) is 11.6 Å². The van der Waals surface area contributed by atoms with E-state index in [1.165, 1.54) is 0 Å². The topological polar surface area (TPSA) is 43.1 Å². The normalized spacial score (nSPS) is 10.2. The second-order valence-electron chi connectivity index (χ2n) is 3.74. The molecule has 17 heavy (non-hydrogen) atoms. The number of carbonyl (C=O) groups excluding carboxylic acids is 1. The molecule has 2 aromatic carbocycles. The maximum atomic E-state index is 11.3. The molecule has 0 aliphatic heterocycles. The van der Waals surface area contributed by atoms with Gasteiger partial charge in [0.15, 0.2) is 0 Å². The van der Waals surface area contributed by atoms with Gasteiger partial charge in [0, 0.05) is 11.4 Å². The zero-order valence-electron chi connectivity index (χ0n) is 9.19. The number of alkyl halides is 1. The first-order valence-corrected chi connectivity index (χ1v) is 5.80. The van der Waals surface area contributed by atoms with Crippen LogP contribution in [0.2, 0.25) is 0 Å². The molecule has 0 aromatic heterocycles. The maximum absolute atomic E-state index is 11.3. The van der Waals surface area contributed by atoms with E-state index >= 15 is 0 Å². The number of nitrogens with two attached hydrogens (primary N) is 1. The van der Waals surface area contributed by atoms with Gasteiger partial charge in [0.25, 0.3) is 0 Å². The molecule has 3 heteroatoms. The van der Waals surface area contributed by atoms with Crippen molar-refractivity contribution in [3.63, 3.8) is 0 Å². The Hall–Kier alpha value is -1.80. The molecular weight excluding hydrogens is 234 g/mol. The van der Waals surface area contributed by atoms with Crippen LogP contribution in [0.1, 0.15) is 15.9 Å². The van der Waals surface area contributed by atoms with Gasteiger partial charge in [-0.1, -0.05) is 42.5 Å². The van der Waals surface area contributed by atoms with E-state index in [9.17, 15) is 4.79 Å². The molecule has 0 radical (unpaired) electrons. The summed E-state index contributed by atoms with van der Waals surface area (Å²) >= 11 is 5.73. The van der Waals surface area contributed by atoms with Gasteiger partial charge in [-0.3, -0.25) is 4.79 Å². The molecule has 2 nitrogen and oxygen atoms in total. The number of halogens is 1. The van der Waals surface area contributed by atoms with Gasteiger partial charge in [0.2, 0.25) is 5.91 Å². The van der Waals surface area contributed by atoms with E-state index in [-0.39, 0.29) is 0 Å². The van der Waals surface area contributed by atoms with E-state index in [4.69, 9.17) is 17.3 Å². The van der Waals surface area contributed by atoms with Crippen molar-refractivity contribution in [3.05, 3.63) is 59.7 Å². The molecule has 2 N–H and O–H groups in total. The number of benzene rings is 2. The summed E-state index contributed by atoms with van der Waals surface area (Å²) in [7, 11) is 0. The molecule has 0 bridgehead atoms. The predicted octanol–water partition coefficient (Wildman–Crippen LogP) is 3.19. The summed E-state index contributed by atoms with van der Waals surface area (Å²) in [6, 6.07) is 15.1. The highest BCUT2D eigenvalue weighted by molar-refractivity contribution is 6.17. The Morgan fingerprint density at radius 3 is 2.29 bits per heavy atom. The van der Waals surface area contributed by atoms with Crippen molar-refractivity contribution in [2.45, 2.75) is 5.88 Å². The molecule has 1 amide bonds. The summed E-state index contributed by atoms with van der Waals surface area (Å²) in [5.41, 5.74) is 8.74. The average molecular weight is 246 g/mol. The van der Waals surface area contributed by atoms with Gasteiger partial charge >= 0.3 is 0 Å². The lowest BCUT2D eigenvalue weighted by Crippen LogP contribution is -2.12. The van der Waals surface area contributed by atoms with Crippen LogP contribution in [0.3, 0.4) is 0 Å². The quantitative estimate of drug-likeness (QED) is 0.830. The third-order valence-corrected chi connectivity index (χ3v) is 2.92. The lowest BCUT2D eigenvalue weighted by atomic mass is 9.98. The molecule has 0 unspecified atom stereocenters. The molecule has 0 saturated carbocycles. The molecule has 2 rings (SSSR count). The average Bonchev–Trinajstić information content (AvgIpc) is 2.39. The van der Waals surface area contributed by atoms with Gasteiger partial charge in [-0.05, 0) is 22.8 Å². The van der Waals surface area contributed by atoms with Crippen LogP contribution in [0, 0.1) is 0 Å². The van der Waals surface area contributed by atoms with Crippen LogP contribution in [-0.4, -0.2) is 5.91 Å². The minimum absolute atomic E-state index is 0.415. The number of rotatable bonds is 3. The van der Waals surface area contributed by atoms with Gasteiger partial charge in [-0.2, -0.15) is 0 Å². The van der Waals surface area contributed by atoms with Gasteiger partial charge in [-0.25, -0.2) is 0 Å². The van der Waals surface area contributed by atoms with Crippen molar-refractivity contribution in [3.8, 4) is 11.1 Å². The van der Waals surface area contributed by atoms with E-state index < -0.39 is 5.91 Å². The van der Waals surface area contributed by atoms with Crippen LogP contribution in [0.5, 0.6) is 0 Å². The summed E-state index contributed by atoms with van der Waals surface area (Å²) < 4.78 is 0. The fraction of sp³-hybridized carbons (Fsp3) is 0.0714. The zero-order chi connectivity index (χ0) is 12.3. The fourth-order valence-electron chi connectivity index (χ4n) is 1.72. The minimum atomic E-state index is -0.415. The van der Waals surface area contributed by atoms with Crippen LogP contribution < -0.4 is 5.73 Å². The van der Waals surface area contributed by atoms with Gasteiger partial charge in [0.05, 0.1) is 0 Å². The summed E-state index contributed by atoms with van der Waals surface area (Å²) in [5.74, 6) is 0.0691. The van der Waals surface area contributed by atoms with E-state index in [0.717, 1.165) is 16.7 Å². The summed E-state index contributed by atoms with van der Waals surface area (Å²) in [6.45, 7) is 0. The van der Waals surface area contributed by atoms with E-state index in [2.05, 4.69) is 0 Å². The van der Waals surface area contributed by atoms with Crippen LogP contribution in [0.25, 0.3) is 11.1 Å². The highest BCUT2D eigenvalue weighted by Gasteiger charge is 2.08. The van der Waals surface area contributed by atoms with E-state index in [0.29, 0.717) is 11.4 Å². The standard InChI is InChI=1S/C14H12ClNO/c15-9-10-5-7-11(8-6-10)12-3-1-2-4-13(12)14(16)17/h1-8H,9H2,(H2,16,17). The van der Waals surface area contributed by atoms with Crippen molar-refractivity contribution in [2.24, 2.45) is 5.73 Å². The molecule has 0 aliphatic carbocycles. The number of hydrogen-bond acceptors (Lipinski definition) is 1. The van der Waals surface area contributed by atoms with Gasteiger partial charge < -0.3 is 5.73 Å². The second kappa shape index (κ2) is 5.02. The van der Waals surface area contributed by atoms with Crippen LogP contribution in [0.4, 0.5) is 0 Å². The first-order valence-electron chi connectivity index (χ1n) is 5.26. The van der Waals surface area contributed by atoms with Crippen LogP contribution in [-0.2, 0) is 5.88 Å². The number of carbonyl (C=O) groups is 1. The largest absolute Gasteiger partial charge is 0.366 e. The monoisotopic (exact) mass is 245 g/mol. The Labute approximate surface area is 105 Å². The van der Waals surface area contributed by atoms with Crippen molar-refractivity contribution in [1.29, 1.82) is 0 Å². The van der Waals surface area contributed by atoms with Crippen molar-refractivity contribution in [2.75, 3.05) is 0 Å². The summed E-state index contributed by atoms with van der Waals surface area (Å²) in [5, 5.41) is 0. The Kier molecular flexibility index (Phi) is 3.45. The molecule has 0 fully saturated rings. The smallest absolute Gasteiger partial charge is 0.249 e. The van der Waals surface area contributed by atoms with Crippen LogP contribution >= 0.6 is 11.6 Å². The van der Waals surface area contributed by atoms with Crippen molar-refractivity contribution >= 4 is 17.5 Å². The third-order valence-electron chi connectivity index (χ3n) is 2.61. The van der Waals surface area contributed by atoms with Crippen molar-refractivity contribution < 1.29 is 4.79 Å². The lowest BCUT2D eigenvalue weighted by Gasteiger charge is -2.07. The Bertz CT molecular complexity index is 534. The zero-order valence-corrected chi connectivity index (χ0v) is 9.95. The lowest BCUT2D eigenvalue weighted by molar-refractivity contribution is 0.100. The first kappa shape index (κ1) is 11.7. The van der Waals surface area contributed by atoms with Crippen molar-refractivity contribution in [1.82, 2.24) is 0 Å². The maximum Gasteiger partial charge on any atom is 0.249 e. The minimum Gasteiger partial charge on any atom is -0.366 e. The van der Waals surface area contributed by atoms with E-state index in [1.807, 2.05) is 36.4 Å². The molecule has 0 atom stereocenters. The summed E-state index contributed by atoms with van der Waals surface area (Å²) in [6.07, 6.45) is 0. The Balaban J connectivity index is 2.48. The molecule has 86 valence electrons. The summed E-state index contributed by atoms with van der Waals surface area (Å²) in [4.78, 5) is 11.3. The van der Waals surface area contributed by atoms with Gasteiger partial charge in [0.1, 0.15) is 0 Å². The molecule has 0 heterocycles. The molecule has 0 aliphatic rings. The third kappa shape index (κ3) is 2.48. The van der Waals surface area contributed by atoms with Crippen LogP contribution in [0.15, 0.2) is 48.5 Å². The molecular formula is C14H12ClNO. The predicted molar refractivity (Wildman–Crippen MR) is 70.0 cm³/mol. The Morgan fingerprint density at radius 2 is 1.71 bits per heavy atom. The fourth-order valence-corrected chi connectivity index (χ4v) is 1.90. The molecule has 0 saturated heterocycles. The Morgan fingerprint density at radius 1 is 1.06 bits per heavy atom. The SMILES string of the molecule is NC(=O)c1ccccc1-c1ccc(CCl)cc1. The number of primary amides is 1.